The maximum atomic E-state index is 12.8. The molecule has 1 atom stereocenters. The maximum Gasteiger partial charge on any atom is 0.320 e. The Hall–Kier alpha value is -2.41. The number of ether oxygens (including phenoxy) is 2. The van der Waals surface area contributed by atoms with Crippen LogP contribution in [0.25, 0.3) is 0 Å². The van der Waals surface area contributed by atoms with E-state index in [9.17, 15) is 14.4 Å². The third-order valence-electron chi connectivity index (χ3n) is 6.46. The summed E-state index contributed by atoms with van der Waals surface area (Å²) in [6.07, 6.45) is 0.527. The van der Waals surface area contributed by atoms with Gasteiger partial charge in [-0.2, -0.15) is 0 Å². The van der Waals surface area contributed by atoms with Gasteiger partial charge in [-0.05, 0) is 59.6 Å². The first kappa shape index (κ1) is 29.6. The number of hydrogen-bond donors (Lipinski definition) is 2. The van der Waals surface area contributed by atoms with E-state index in [4.69, 9.17) is 20.3 Å². The molecule has 0 aliphatic heterocycles. The van der Waals surface area contributed by atoms with Crippen LogP contribution in [0.15, 0.2) is 18.2 Å². The summed E-state index contributed by atoms with van der Waals surface area (Å²) in [7, 11) is 0. The number of rotatable bonds is 13. The van der Waals surface area contributed by atoms with Crippen LogP contribution in [0.2, 0.25) is 0 Å². The molecule has 0 saturated carbocycles. The topological polar surface area (TPSA) is 116 Å². The van der Waals surface area contributed by atoms with Crippen molar-refractivity contribution in [1.29, 1.82) is 0 Å². The third kappa shape index (κ3) is 9.45. The second kappa shape index (κ2) is 13.5. The van der Waals surface area contributed by atoms with Crippen molar-refractivity contribution in [3.8, 4) is 11.5 Å². The first-order valence-electron chi connectivity index (χ1n) is 12.3. The van der Waals surface area contributed by atoms with Gasteiger partial charge >= 0.3 is 17.9 Å². The van der Waals surface area contributed by atoms with Gasteiger partial charge in [0, 0.05) is 12.8 Å². The van der Waals surface area contributed by atoms with Crippen LogP contribution in [0, 0.1) is 35.5 Å². The molecule has 0 spiro atoms. The average molecular weight is 478 g/mol. The fourth-order valence-corrected chi connectivity index (χ4v) is 4.38. The lowest BCUT2D eigenvalue weighted by Crippen LogP contribution is -2.32. The number of carbonyl (C=O) groups excluding carboxylic acids is 2. The van der Waals surface area contributed by atoms with Crippen molar-refractivity contribution < 1.29 is 29.0 Å². The molecule has 7 heteroatoms. The van der Waals surface area contributed by atoms with Crippen LogP contribution in [-0.4, -0.2) is 29.1 Å². The average Bonchev–Trinajstić information content (AvgIpc) is 2.71. The standard InChI is InChI=1S/C27H43NO6/c1-15(2)20(16(3)4)13-25(29)33-23-10-9-19(11-22(28)27(31)32)12-24(23)34-26(30)14-21(17(5)6)18(7)8/h9-10,12,15-18,20-22H,11,13-14,28H2,1-8H3,(H,31,32)/t22-/m0/s1. The highest BCUT2D eigenvalue weighted by atomic mass is 16.6. The number of esters is 2. The quantitative estimate of drug-likeness (QED) is 0.300. The Bertz CT molecular complexity index is 814. The Kier molecular flexibility index (Phi) is 11.7. The summed E-state index contributed by atoms with van der Waals surface area (Å²) in [5.74, 6) is -0.185. The predicted octanol–water partition coefficient (Wildman–Crippen LogP) is 5.09. The van der Waals surface area contributed by atoms with Crippen LogP contribution in [0.1, 0.15) is 73.8 Å². The molecular formula is C27H43NO6. The minimum Gasteiger partial charge on any atom is -0.480 e. The number of nitrogens with two attached hydrogens (primary N) is 1. The van der Waals surface area contributed by atoms with Gasteiger partial charge in [-0.1, -0.05) is 61.5 Å². The van der Waals surface area contributed by atoms with Gasteiger partial charge in [0.2, 0.25) is 0 Å². The van der Waals surface area contributed by atoms with Crippen molar-refractivity contribution in [3.63, 3.8) is 0 Å². The summed E-state index contributed by atoms with van der Waals surface area (Å²) < 4.78 is 11.3. The van der Waals surface area contributed by atoms with Gasteiger partial charge in [0.1, 0.15) is 6.04 Å². The number of aliphatic carboxylic acids is 1. The van der Waals surface area contributed by atoms with Crippen molar-refractivity contribution in [1.82, 2.24) is 0 Å². The van der Waals surface area contributed by atoms with Gasteiger partial charge in [-0.3, -0.25) is 14.4 Å². The fraction of sp³-hybridized carbons (Fsp3) is 0.667. The third-order valence-corrected chi connectivity index (χ3v) is 6.46. The zero-order valence-electron chi connectivity index (χ0n) is 22.0. The van der Waals surface area contributed by atoms with E-state index in [1.165, 1.54) is 12.1 Å². The summed E-state index contributed by atoms with van der Waals surface area (Å²) in [5.41, 5.74) is 6.24. The van der Waals surface area contributed by atoms with E-state index in [1.54, 1.807) is 6.07 Å². The molecule has 1 aromatic rings. The Labute approximate surface area is 204 Å². The van der Waals surface area contributed by atoms with E-state index in [2.05, 4.69) is 55.4 Å². The van der Waals surface area contributed by atoms with Crippen molar-refractivity contribution in [2.75, 3.05) is 0 Å². The summed E-state index contributed by atoms with van der Waals surface area (Å²) >= 11 is 0. The van der Waals surface area contributed by atoms with Crippen molar-refractivity contribution in [2.45, 2.75) is 80.7 Å². The number of carboxylic acids is 1. The monoisotopic (exact) mass is 477 g/mol. The highest BCUT2D eigenvalue weighted by Crippen LogP contribution is 2.32. The van der Waals surface area contributed by atoms with Crippen molar-refractivity contribution in [3.05, 3.63) is 23.8 Å². The molecule has 0 fully saturated rings. The Morgan fingerprint density at radius 3 is 1.56 bits per heavy atom. The smallest absolute Gasteiger partial charge is 0.320 e. The van der Waals surface area contributed by atoms with E-state index in [1.807, 2.05) is 0 Å². The lowest BCUT2D eigenvalue weighted by molar-refractivity contribution is -0.139. The van der Waals surface area contributed by atoms with E-state index in [-0.39, 0.29) is 42.6 Å². The second-order valence-electron chi connectivity index (χ2n) is 10.6. The molecule has 0 amide bonds. The Morgan fingerprint density at radius 2 is 1.18 bits per heavy atom. The molecule has 7 nitrogen and oxygen atoms in total. The predicted molar refractivity (Wildman–Crippen MR) is 133 cm³/mol. The minimum absolute atomic E-state index is 0.0531. The molecule has 0 saturated heterocycles. The summed E-state index contributed by atoms with van der Waals surface area (Å²) in [6, 6.07) is 3.61. The van der Waals surface area contributed by atoms with Crippen LogP contribution in [-0.2, 0) is 20.8 Å². The fourth-order valence-electron chi connectivity index (χ4n) is 4.38. The molecule has 34 heavy (non-hydrogen) atoms. The molecule has 0 unspecified atom stereocenters. The Morgan fingerprint density at radius 1 is 0.765 bits per heavy atom. The largest absolute Gasteiger partial charge is 0.480 e. The molecule has 0 aliphatic rings. The molecule has 1 rings (SSSR count). The zero-order valence-corrected chi connectivity index (χ0v) is 22.0. The number of carboxylic acid groups (broad SMARTS) is 1. The van der Waals surface area contributed by atoms with Gasteiger partial charge in [-0.15, -0.1) is 0 Å². The van der Waals surface area contributed by atoms with Gasteiger partial charge < -0.3 is 20.3 Å². The van der Waals surface area contributed by atoms with E-state index >= 15 is 0 Å². The maximum absolute atomic E-state index is 12.8. The number of benzene rings is 1. The molecule has 0 heterocycles. The second-order valence-corrected chi connectivity index (χ2v) is 10.6. The van der Waals surface area contributed by atoms with Gasteiger partial charge in [-0.25, -0.2) is 0 Å². The molecule has 1 aromatic carbocycles. The van der Waals surface area contributed by atoms with Gasteiger partial charge in [0.05, 0.1) is 0 Å². The first-order chi connectivity index (χ1) is 15.7. The summed E-state index contributed by atoms with van der Waals surface area (Å²) in [6.45, 7) is 16.6. The van der Waals surface area contributed by atoms with E-state index < -0.39 is 23.9 Å². The van der Waals surface area contributed by atoms with Crippen LogP contribution >= 0.6 is 0 Å². The minimum atomic E-state index is -1.13. The normalized spacial score (nSPS) is 12.8. The van der Waals surface area contributed by atoms with Crippen LogP contribution in [0.4, 0.5) is 0 Å². The van der Waals surface area contributed by atoms with Crippen LogP contribution in [0.5, 0.6) is 11.5 Å². The highest BCUT2D eigenvalue weighted by molar-refractivity contribution is 5.77. The molecule has 0 aromatic heterocycles. The first-order valence-corrected chi connectivity index (χ1v) is 12.3. The molecular weight excluding hydrogens is 434 g/mol. The van der Waals surface area contributed by atoms with E-state index in [0.29, 0.717) is 29.2 Å². The summed E-state index contributed by atoms with van der Waals surface area (Å²) in [5, 5.41) is 9.13. The molecule has 0 bridgehead atoms. The molecule has 0 aliphatic carbocycles. The highest BCUT2D eigenvalue weighted by Gasteiger charge is 2.25. The molecule has 192 valence electrons. The van der Waals surface area contributed by atoms with Gasteiger partial charge in [0.15, 0.2) is 11.5 Å². The lowest BCUT2D eigenvalue weighted by atomic mass is 9.83. The van der Waals surface area contributed by atoms with E-state index in [0.717, 1.165) is 0 Å². The van der Waals surface area contributed by atoms with Crippen LogP contribution in [0.3, 0.4) is 0 Å². The van der Waals surface area contributed by atoms with Crippen molar-refractivity contribution in [2.24, 2.45) is 41.2 Å². The lowest BCUT2D eigenvalue weighted by Gasteiger charge is -2.24. The number of carbonyl (C=O) groups is 3. The SMILES string of the molecule is CC(C)C(CC(=O)Oc1ccc(C[C@H](N)C(=O)O)cc1OC(=O)CC(C(C)C)C(C)C)C(C)C. The number of hydrogen-bond acceptors (Lipinski definition) is 6. The van der Waals surface area contributed by atoms with Crippen LogP contribution < -0.4 is 15.2 Å². The Balaban J connectivity index is 3.16. The zero-order chi connectivity index (χ0) is 26.2. The van der Waals surface area contributed by atoms with Crippen molar-refractivity contribution >= 4 is 17.9 Å². The molecule has 0 radical (unpaired) electrons. The van der Waals surface area contributed by atoms with Gasteiger partial charge in [0.25, 0.3) is 0 Å². The molecule has 3 N–H and O–H groups in total. The summed E-state index contributed by atoms with van der Waals surface area (Å²) in [4.78, 5) is 36.7.